The lowest BCUT2D eigenvalue weighted by Crippen LogP contribution is -2.03. The third-order valence-corrected chi connectivity index (χ3v) is 3.98. The molecule has 0 aliphatic carbocycles. The van der Waals surface area contributed by atoms with Crippen molar-refractivity contribution in [3.05, 3.63) is 40.4 Å². The van der Waals surface area contributed by atoms with Gasteiger partial charge < -0.3 is 4.74 Å². The van der Waals surface area contributed by atoms with E-state index >= 15 is 0 Å². The van der Waals surface area contributed by atoms with Gasteiger partial charge in [-0.1, -0.05) is 11.6 Å². The summed E-state index contributed by atoms with van der Waals surface area (Å²) in [4.78, 5) is 12.4. The number of hydrogen-bond donors (Lipinski definition) is 0. The molecule has 0 aliphatic rings. The molecule has 0 amide bonds. The average molecular weight is 294 g/mol. The van der Waals surface area contributed by atoms with Gasteiger partial charge in [0.2, 0.25) is 0 Å². The highest BCUT2D eigenvalue weighted by Gasteiger charge is 2.14. The van der Waals surface area contributed by atoms with Crippen LogP contribution < -0.4 is 0 Å². The van der Waals surface area contributed by atoms with Gasteiger partial charge in [0.15, 0.2) is 11.5 Å². The van der Waals surface area contributed by atoms with Crippen LogP contribution in [-0.4, -0.2) is 27.7 Å². The van der Waals surface area contributed by atoms with E-state index in [0.29, 0.717) is 22.1 Å². The zero-order valence-electron chi connectivity index (χ0n) is 9.83. The summed E-state index contributed by atoms with van der Waals surface area (Å²) < 4.78 is 6.43. The van der Waals surface area contributed by atoms with Gasteiger partial charge in [0.1, 0.15) is 0 Å². The standard InChI is InChI=1S/C12H8ClN3O2S/c1-18-12(17)7-2-3-9-14-15-11(16(9)6-7)10-8(13)4-5-19-10/h2-6H,1H3. The molecule has 0 spiro atoms. The van der Waals surface area contributed by atoms with Crippen molar-refractivity contribution in [3.8, 4) is 10.7 Å². The molecule has 0 N–H and O–H groups in total. The minimum Gasteiger partial charge on any atom is -0.465 e. The van der Waals surface area contributed by atoms with Crippen molar-refractivity contribution in [2.75, 3.05) is 7.11 Å². The van der Waals surface area contributed by atoms with Gasteiger partial charge >= 0.3 is 5.97 Å². The Bertz CT molecular complexity index is 765. The van der Waals surface area contributed by atoms with Crippen LogP contribution in [0, 0.1) is 0 Å². The molecule has 7 heteroatoms. The van der Waals surface area contributed by atoms with Gasteiger partial charge in [-0.2, -0.15) is 0 Å². The first kappa shape index (κ1) is 12.1. The van der Waals surface area contributed by atoms with Crippen molar-refractivity contribution < 1.29 is 9.53 Å². The second-order valence-electron chi connectivity index (χ2n) is 3.76. The van der Waals surface area contributed by atoms with Gasteiger partial charge in [-0.25, -0.2) is 4.79 Å². The topological polar surface area (TPSA) is 56.5 Å². The van der Waals surface area contributed by atoms with Gasteiger partial charge in [-0.3, -0.25) is 4.40 Å². The fourth-order valence-corrected chi connectivity index (χ4v) is 2.86. The number of thiophene rings is 1. The molecule has 19 heavy (non-hydrogen) atoms. The summed E-state index contributed by atoms with van der Waals surface area (Å²) in [5.74, 6) is 0.208. The molecular weight excluding hydrogens is 286 g/mol. The minimum atomic E-state index is -0.404. The summed E-state index contributed by atoms with van der Waals surface area (Å²) >= 11 is 7.57. The predicted molar refractivity (Wildman–Crippen MR) is 72.6 cm³/mol. The maximum Gasteiger partial charge on any atom is 0.339 e. The number of nitrogens with zero attached hydrogens (tertiary/aromatic N) is 3. The molecule has 0 fully saturated rings. The molecule has 0 aromatic carbocycles. The smallest absolute Gasteiger partial charge is 0.339 e. The van der Waals surface area contributed by atoms with Crippen molar-refractivity contribution >= 4 is 34.6 Å². The van der Waals surface area contributed by atoms with Crippen LogP contribution in [0.5, 0.6) is 0 Å². The fraction of sp³-hybridized carbons (Fsp3) is 0.0833. The minimum absolute atomic E-state index is 0.404. The lowest BCUT2D eigenvalue weighted by atomic mass is 10.3. The average Bonchev–Trinajstić information content (AvgIpc) is 3.02. The molecular formula is C12H8ClN3O2S. The Morgan fingerprint density at radius 2 is 2.21 bits per heavy atom. The van der Waals surface area contributed by atoms with Crippen LogP contribution >= 0.6 is 22.9 Å². The number of methoxy groups -OCH3 is 1. The molecule has 3 heterocycles. The summed E-state index contributed by atoms with van der Waals surface area (Å²) in [6.07, 6.45) is 1.65. The summed E-state index contributed by atoms with van der Waals surface area (Å²) in [5.41, 5.74) is 1.08. The molecule has 5 nitrogen and oxygen atoms in total. The lowest BCUT2D eigenvalue weighted by molar-refractivity contribution is 0.0600. The number of esters is 1. The monoisotopic (exact) mass is 293 g/mol. The highest BCUT2D eigenvalue weighted by molar-refractivity contribution is 7.14. The van der Waals surface area contributed by atoms with Gasteiger partial charge in [0.05, 0.1) is 22.6 Å². The molecule has 0 atom stereocenters. The van der Waals surface area contributed by atoms with E-state index in [-0.39, 0.29) is 0 Å². The second-order valence-corrected chi connectivity index (χ2v) is 5.08. The van der Waals surface area contributed by atoms with Crippen molar-refractivity contribution in [2.45, 2.75) is 0 Å². The summed E-state index contributed by atoms with van der Waals surface area (Å²) in [5, 5.41) is 10.7. The van der Waals surface area contributed by atoms with E-state index in [0.717, 1.165) is 4.88 Å². The zero-order chi connectivity index (χ0) is 13.4. The normalized spacial score (nSPS) is 10.8. The number of hydrogen-bond acceptors (Lipinski definition) is 5. The first-order valence-corrected chi connectivity index (χ1v) is 6.63. The lowest BCUT2D eigenvalue weighted by Gasteiger charge is -2.01. The van der Waals surface area contributed by atoms with Crippen LogP contribution in [-0.2, 0) is 4.74 Å². The molecule has 0 aliphatic heterocycles. The molecule has 96 valence electrons. The number of rotatable bonds is 2. The Hall–Kier alpha value is -1.92. The van der Waals surface area contributed by atoms with Crippen LogP contribution in [0.2, 0.25) is 5.02 Å². The summed E-state index contributed by atoms with van der Waals surface area (Å²) in [7, 11) is 1.34. The number of carbonyl (C=O) groups excluding carboxylic acids is 1. The maximum atomic E-state index is 11.5. The van der Waals surface area contributed by atoms with Gasteiger partial charge in [0, 0.05) is 6.20 Å². The third-order valence-electron chi connectivity index (χ3n) is 2.64. The van der Waals surface area contributed by atoms with Gasteiger partial charge in [-0.05, 0) is 23.6 Å². The van der Waals surface area contributed by atoms with Crippen molar-refractivity contribution in [1.29, 1.82) is 0 Å². The number of halogens is 1. The third kappa shape index (κ3) is 1.98. The largest absolute Gasteiger partial charge is 0.465 e. The molecule has 0 saturated carbocycles. The van der Waals surface area contributed by atoms with E-state index in [1.165, 1.54) is 18.4 Å². The molecule has 0 bridgehead atoms. The quantitative estimate of drug-likeness (QED) is 0.682. The zero-order valence-corrected chi connectivity index (χ0v) is 11.4. The summed E-state index contributed by atoms with van der Waals surface area (Å²) in [6, 6.07) is 5.16. The highest BCUT2D eigenvalue weighted by Crippen LogP contribution is 2.32. The SMILES string of the molecule is COC(=O)c1ccc2nnc(-c3sccc3Cl)n2c1. The Morgan fingerprint density at radius 1 is 1.37 bits per heavy atom. The summed E-state index contributed by atoms with van der Waals surface area (Å²) in [6.45, 7) is 0. The van der Waals surface area contributed by atoms with E-state index in [9.17, 15) is 4.79 Å². The van der Waals surface area contributed by atoms with Crippen LogP contribution in [0.1, 0.15) is 10.4 Å². The van der Waals surface area contributed by atoms with Crippen LogP contribution in [0.3, 0.4) is 0 Å². The molecule has 3 aromatic rings. The van der Waals surface area contributed by atoms with E-state index < -0.39 is 5.97 Å². The van der Waals surface area contributed by atoms with Crippen LogP contribution in [0.4, 0.5) is 0 Å². The predicted octanol–water partition coefficient (Wildman–Crippen LogP) is 2.90. The highest BCUT2D eigenvalue weighted by atomic mass is 35.5. The molecule has 0 unspecified atom stereocenters. The fourth-order valence-electron chi connectivity index (χ4n) is 1.74. The molecule has 3 rings (SSSR count). The van der Waals surface area contributed by atoms with E-state index in [1.54, 1.807) is 28.8 Å². The van der Waals surface area contributed by atoms with E-state index in [4.69, 9.17) is 16.3 Å². The van der Waals surface area contributed by atoms with E-state index in [2.05, 4.69) is 10.2 Å². The Labute approximate surface area is 117 Å². The van der Waals surface area contributed by atoms with E-state index in [1.807, 2.05) is 5.38 Å². The van der Waals surface area contributed by atoms with Crippen LogP contribution in [0.15, 0.2) is 29.8 Å². The number of aromatic nitrogens is 3. The Morgan fingerprint density at radius 3 is 2.89 bits per heavy atom. The number of carbonyl (C=O) groups is 1. The van der Waals surface area contributed by atoms with Crippen molar-refractivity contribution in [1.82, 2.24) is 14.6 Å². The molecule has 0 saturated heterocycles. The Balaban J connectivity index is 2.21. The van der Waals surface area contributed by atoms with Gasteiger partial charge in [-0.15, -0.1) is 21.5 Å². The Kier molecular flexibility index (Phi) is 2.96. The van der Waals surface area contributed by atoms with Crippen molar-refractivity contribution in [3.63, 3.8) is 0 Å². The molecule has 0 radical (unpaired) electrons. The maximum absolute atomic E-state index is 11.5. The first-order chi connectivity index (χ1) is 9.20. The number of fused-ring (bicyclic) bond motifs is 1. The van der Waals surface area contributed by atoms with Gasteiger partial charge in [0.25, 0.3) is 0 Å². The second kappa shape index (κ2) is 4.64. The van der Waals surface area contributed by atoms with Crippen molar-refractivity contribution in [2.24, 2.45) is 0 Å². The number of pyridine rings is 1. The molecule has 3 aromatic heterocycles. The number of ether oxygens (including phenoxy) is 1. The first-order valence-electron chi connectivity index (χ1n) is 5.37. The van der Waals surface area contributed by atoms with Crippen LogP contribution in [0.25, 0.3) is 16.3 Å².